The molecule has 1 atom stereocenters. The molecule has 16 heavy (non-hydrogen) atoms. The zero-order chi connectivity index (χ0) is 12.7. The van der Waals surface area contributed by atoms with Crippen molar-refractivity contribution in [2.75, 3.05) is 0 Å². The van der Waals surface area contributed by atoms with Crippen molar-refractivity contribution in [1.82, 2.24) is 5.32 Å². The highest BCUT2D eigenvalue weighted by atomic mass is 16.2. The molecule has 0 saturated carbocycles. The fourth-order valence-electron chi connectivity index (χ4n) is 1.11. The van der Waals surface area contributed by atoms with Crippen LogP contribution < -0.4 is 11.1 Å². The van der Waals surface area contributed by atoms with E-state index in [2.05, 4.69) is 17.6 Å². The van der Waals surface area contributed by atoms with Crippen molar-refractivity contribution in [2.24, 2.45) is 11.7 Å². The van der Waals surface area contributed by atoms with Gasteiger partial charge in [0.15, 0.2) is 0 Å². The van der Waals surface area contributed by atoms with Crippen molar-refractivity contribution in [1.29, 1.82) is 0 Å². The lowest BCUT2D eigenvalue weighted by molar-refractivity contribution is -0.125. The average molecular weight is 224 g/mol. The molecule has 0 radical (unpaired) electrons. The number of allylic oxidation sites excluding steroid dienone is 1. The van der Waals surface area contributed by atoms with E-state index >= 15 is 0 Å². The van der Waals surface area contributed by atoms with Crippen LogP contribution >= 0.6 is 0 Å². The van der Waals surface area contributed by atoms with Gasteiger partial charge in [0.05, 0.1) is 5.92 Å². The number of primary amides is 1. The predicted molar refractivity (Wildman–Crippen MR) is 60.1 cm³/mol. The molecule has 5 nitrogen and oxygen atoms in total. The van der Waals surface area contributed by atoms with Crippen LogP contribution in [-0.4, -0.2) is 17.7 Å². The van der Waals surface area contributed by atoms with Gasteiger partial charge >= 0.3 is 0 Å². The van der Waals surface area contributed by atoms with Gasteiger partial charge in [0.2, 0.25) is 17.7 Å². The van der Waals surface area contributed by atoms with Crippen molar-refractivity contribution in [3.63, 3.8) is 0 Å². The molecule has 88 valence electrons. The summed E-state index contributed by atoms with van der Waals surface area (Å²) in [4.78, 5) is 31.1. The third kappa shape index (κ3) is 5.74. The highest BCUT2D eigenvalue weighted by Gasteiger charge is 2.28. The number of carbonyl (C=O) groups is 3. The average Bonchev–Trinajstić information content (AvgIpc) is 2.45. The van der Waals surface area contributed by atoms with E-state index in [4.69, 9.17) is 0 Å². The van der Waals surface area contributed by atoms with Gasteiger partial charge in [0.25, 0.3) is 0 Å². The topological polar surface area (TPSA) is 89.3 Å². The van der Waals surface area contributed by atoms with E-state index in [-0.39, 0.29) is 17.7 Å². The second-order valence-electron chi connectivity index (χ2n) is 3.57. The van der Waals surface area contributed by atoms with Gasteiger partial charge in [0, 0.05) is 6.42 Å². The van der Waals surface area contributed by atoms with Gasteiger partial charge in [-0.15, -0.1) is 0 Å². The Bertz CT molecular complexity index is 341. The maximum absolute atomic E-state index is 10.9. The van der Waals surface area contributed by atoms with Crippen LogP contribution in [0.25, 0.3) is 0 Å². The first-order chi connectivity index (χ1) is 7.36. The van der Waals surface area contributed by atoms with Gasteiger partial charge in [0.1, 0.15) is 0 Å². The predicted octanol–water partition coefficient (Wildman–Crippen LogP) is 0.273. The van der Waals surface area contributed by atoms with E-state index in [1.165, 1.54) is 0 Å². The van der Waals surface area contributed by atoms with E-state index in [9.17, 15) is 14.4 Å². The minimum absolute atomic E-state index is 0.169. The molecular weight excluding hydrogens is 208 g/mol. The molecule has 3 N–H and O–H groups in total. The first-order valence-electron chi connectivity index (χ1n) is 4.77. The molecule has 5 heteroatoms. The molecule has 0 aliphatic carbocycles. The first kappa shape index (κ1) is 14.1. The number of nitrogens with one attached hydrogen (secondary N) is 1. The quantitative estimate of drug-likeness (QED) is 0.401. The number of amides is 3. The molecule has 0 bridgehead atoms. The molecular formula is C11H16N2O3. The van der Waals surface area contributed by atoms with Gasteiger partial charge in [-0.3, -0.25) is 19.7 Å². The molecule has 1 rings (SSSR count). The molecule has 0 aromatic rings. The minimum atomic E-state index is -0.481. The fourth-order valence-corrected chi connectivity index (χ4v) is 1.11. The maximum Gasteiger partial charge on any atom is 0.240 e. The summed E-state index contributed by atoms with van der Waals surface area (Å²) < 4.78 is 0. The Balaban J connectivity index is 0.000000385. The normalized spacial score (nSPS) is 18.0. The molecule has 1 unspecified atom stereocenters. The van der Waals surface area contributed by atoms with E-state index in [1.807, 2.05) is 19.9 Å². The Morgan fingerprint density at radius 3 is 2.25 bits per heavy atom. The summed E-state index contributed by atoms with van der Waals surface area (Å²) in [6.07, 6.45) is 3.18. The minimum Gasteiger partial charge on any atom is -0.366 e. The summed E-state index contributed by atoms with van der Waals surface area (Å²) in [5, 5.41) is 2.25. The molecule has 0 aromatic heterocycles. The van der Waals surface area contributed by atoms with Gasteiger partial charge in [-0.2, -0.15) is 0 Å². The molecule has 0 spiro atoms. The summed E-state index contributed by atoms with van der Waals surface area (Å²) in [5.41, 5.74) is 5.60. The van der Waals surface area contributed by atoms with E-state index < -0.39 is 5.91 Å². The zero-order valence-electron chi connectivity index (χ0n) is 9.45. The van der Waals surface area contributed by atoms with Crippen LogP contribution in [0.15, 0.2) is 24.3 Å². The number of imide groups is 1. The van der Waals surface area contributed by atoms with Crippen LogP contribution in [0.3, 0.4) is 0 Å². The van der Waals surface area contributed by atoms with E-state index in [0.717, 1.165) is 11.6 Å². The largest absolute Gasteiger partial charge is 0.366 e. The second-order valence-corrected chi connectivity index (χ2v) is 3.57. The van der Waals surface area contributed by atoms with Gasteiger partial charge in [-0.05, 0) is 19.9 Å². The highest BCUT2D eigenvalue weighted by Crippen LogP contribution is 2.13. The first-order valence-corrected chi connectivity index (χ1v) is 4.77. The molecule has 1 fully saturated rings. The van der Waals surface area contributed by atoms with Crippen molar-refractivity contribution >= 4 is 17.7 Å². The Hall–Kier alpha value is -1.91. The number of rotatable bonds is 2. The van der Waals surface area contributed by atoms with Crippen LogP contribution in [0.5, 0.6) is 0 Å². The summed E-state index contributed by atoms with van der Waals surface area (Å²) in [6, 6.07) is 0. The van der Waals surface area contributed by atoms with E-state index in [1.54, 1.807) is 0 Å². The lowest BCUT2D eigenvalue weighted by atomic mass is 10.1. The molecule has 1 heterocycles. The lowest BCUT2D eigenvalue weighted by Gasteiger charge is -1.97. The molecule has 0 aromatic carbocycles. The number of hydrogen-bond acceptors (Lipinski definition) is 3. The van der Waals surface area contributed by atoms with Crippen LogP contribution in [-0.2, 0) is 14.4 Å². The Morgan fingerprint density at radius 1 is 1.50 bits per heavy atom. The van der Waals surface area contributed by atoms with Crippen LogP contribution in [0.1, 0.15) is 20.3 Å². The summed E-state index contributed by atoms with van der Waals surface area (Å²) in [5.74, 6) is -1.05. The van der Waals surface area contributed by atoms with Crippen molar-refractivity contribution < 1.29 is 14.4 Å². The standard InChI is InChI=1S/C8H11NO2.C3H5NO/c1-5(2)3-6-4-7(10)9-8(6)11;1-2-3(4)5/h3,6H,4H2,1-2H3,(H,9,10,11);2H,1H2,(H2,4,5). The Morgan fingerprint density at radius 2 is 2.00 bits per heavy atom. The molecule has 1 aliphatic rings. The molecule has 1 aliphatic heterocycles. The third-order valence-electron chi connectivity index (χ3n) is 1.74. The monoisotopic (exact) mass is 224 g/mol. The maximum atomic E-state index is 10.9. The summed E-state index contributed by atoms with van der Waals surface area (Å²) in [7, 11) is 0. The SMILES string of the molecule is C=CC(N)=O.CC(C)=CC1CC(=O)NC1=O. The number of nitrogens with two attached hydrogens (primary N) is 1. The Kier molecular flexibility index (Phi) is 5.77. The smallest absolute Gasteiger partial charge is 0.240 e. The molecule has 1 saturated heterocycles. The molecule has 3 amide bonds. The van der Waals surface area contributed by atoms with Crippen LogP contribution in [0.2, 0.25) is 0 Å². The van der Waals surface area contributed by atoms with Gasteiger partial charge in [-0.1, -0.05) is 18.2 Å². The summed E-state index contributed by atoms with van der Waals surface area (Å²) in [6.45, 7) is 6.91. The van der Waals surface area contributed by atoms with Gasteiger partial charge in [-0.25, -0.2) is 0 Å². The van der Waals surface area contributed by atoms with Crippen LogP contribution in [0, 0.1) is 5.92 Å². The van der Waals surface area contributed by atoms with Gasteiger partial charge < -0.3 is 5.73 Å². The van der Waals surface area contributed by atoms with Crippen LogP contribution in [0.4, 0.5) is 0 Å². The second kappa shape index (κ2) is 6.55. The van der Waals surface area contributed by atoms with Crippen molar-refractivity contribution in [2.45, 2.75) is 20.3 Å². The van der Waals surface area contributed by atoms with E-state index in [0.29, 0.717) is 6.42 Å². The Labute approximate surface area is 94.4 Å². The zero-order valence-corrected chi connectivity index (χ0v) is 9.45. The summed E-state index contributed by atoms with van der Waals surface area (Å²) >= 11 is 0. The van der Waals surface area contributed by atoms with Crippen molar-refractivity contribution in [3.05, 3.63) is 24.3 Å². The van der Waals surface area contributed by atoms with Crippen molar-refractivity contribution in [3.8, 4) is 0 Å². The number of carbonyl (C=O) groups excluding carboxylic acids is 3. The fraction of sp³-hybridized carbons (Fsp3) is 0.364. The highest BCUT2D eigenvalue weighted by molar-refractivity contribution is 6.04. The third-order valence-corrected chi connectivity index (χ3v) is 1.74. The lowest BCUT2D eigenvalue weighted by Crippen LogP contribution is -2.21. The number of hydrogen-bond donors (Lipinski definition) is 2.